The summed E-state index contributed by atoms with van der Waals surface area (Å²) in [4.78, 5) is 35.9. The van der Waals surface area contributed by atoms with Gasteiger partial charge in [-0.1, -0.05) is 33.6 Å². The van der Waals surface area contributed by atoms with E-state index in [-0.39, 0.29) is 18.4 Å². The van der Waals surface area contributed by atoms with Crippen molar-refractivity contribution in [2.45, 2.75) is 85.0 Å². The molecule has 29 heavy (non-hydrogen) atoms. The molecule has 0 aromatic rings. The quantitative estimate of drug-likeness (QED) is 0.423. The van der Waals surface area contributed by atoms with Crippen molar-refractivity contribution in [1.82, 2.24) is 10.6 Å². The summed E-state index contributed by atoms with van der Waals surface area (Å²) in [5.41, 5.74) is -0.514. The minimum Gasteiger partial charge on any atom is -0.481 e. The summed E-state index contributed by atoms with van der Waals surface area (Å²) < 4.78 is 11.4. The van der Waals surface area contributed by atoms with Crippen LogP contribution in [0.5, 0.6) is 0 Å². The molecule has 1 aliphatic rings. The lowest BCUT2D eigenvalue weighted by atomic mass is 9.85. The van der Waals surface area contributed by atoms with Gasteiger partial charge < -0.3 is 25.2 Å². The summed E-state index contributed by atoms with van der Waals surface area (Å²) in [6.07, 6.45) is 3.65. The molecule has 0 aromatic carbocycles. The lowest BCUT2D eigenvalue weighted by Gasteiger charge is -2.44. The average molecular weight is 415 g/mol. The van der Waals surface area contributed by atoms with E-state index in [0.29, 0.717) is 32.4 Å². The fraction of sp³-hybridized carbons (Fsp3) is 0.857. The first-order valence-corrected chi connectivity index (χ1v) is 10.6. The molecular weight excluding hydrogens is 376 g/mol. The van der Waals surface area contributed by atoms with Gasteiger partial charge in [-0.3, -0.25) is 14.4 Å². The maximum absolute atomic E-state index is 12.6. The molecule has 0 radical (unpaired) electrons. The van der Waals surface area contributed by atoms with Crippen molar-refractivity contribution in [2.24, 2.45) is 11.3 Å². The molecule has 1 heterocycles. The van der Waals surface area contributed by atoms with Gasteiger partial charge in [0.15, 0.2) is 5.79 Å². The molecule has 1 fully saturated rings. The molecule has 2 unspecified atom stereocenters. The molecule has 1 rings (SSSR count). The summed E-state index contributed by atoms with van der Waals surface area (Å²) in [5, 5.41) is 15.0. The van der Waals surface area contributed by atoms with E-state index in [2.05, 4.69) is 17.6 Å². The minimum absolute atomic E-state index is 0.000130. The Morgan fingerprint density at radius 1 is 1.10 bits per heavy atom. The molecule has 2 atom stereocenters. The standard InChI is InChI=1S/C21H38N2O6/c1-6-7-8-11-16(24)22-12-9-10-15(19(26)27)13-23-18(25)17-20(2,3)14-28-21(4,5)29-17/h15,17H,6-14H2,1-5H3,(H,22,24)(H,23,25)(H,26,27). The number of hydrogen-bond donors (Lipinski definition) is 3. The van der Waals surface area contributed by atoms with Gasteiger partial charge in [0, 0.05) is 24.9 Å². The Bertz CT molecular complexity index is 561. The van der Waals surface area contributed by atoms with E-state index in [1.807, 2.05) is 13.8 Å². The number of carboxylic acids is 1. The molecular formula is C21H38N2O6. The third-order valence-corrected chi connectivity index (χ3v) is 5.07. The number of aliphatic carboxylic acids is 1. The van der Waals surface area contributed by atoms with E-state index in [4.69, 9.17) is 9.47 Å². The summed E-state index contributed by atoms with van der Waals surface area (Å²) in [6.45, 7) is 10.2. The number of unbranched alkanes of at least 4 members (excludes halogenated alkanes) is 2. The van der Waals surface area contributed by atoms with Crippen LogP contribution >= 0.6 is 0 Å². The summed E-state index contributed by atoms with van der Waals surface area (Å²) in [5.74, 6) is -2.88. The number of carbonyl (C=O) groups excluding carboxylic acids is 2. The second kappa shape index (κ2) is 11.5. The van der Waals surface area contributed by atoms with Gasteiger partial charge in [0.2, 0.25) is 11.8 Å². The molecule has 3 N–H and O–H groups in total. The van der Waals surface area contributed by atoms with Gasteiger partial charge in [0.1, 0.15) is 6.10 Å². The Balaban J connectivity index is 2.42. The normalized spacial score (nSPS) is 21.2. The van der Waals surface area contributed by atoms with Gasteiger partial charge >= 0.3 is 5.97 Å². The maximum atomic E-state index is 12.6. The van der Waals surface area contributed by atoms with Crippen LogP contribution in [0.15, 0.2) is 0 Å². The van der Waals surface area contributed by atoms with Crippen molar-refractivity contribution in [3.63, 3.8) is 0 Å². The predicted octanol–water partition coefficient (Wildman–Crippen LogP) is 2.46. The molecule has 8 heteroatoms. The molecule has 1 saturated heterocycles. The van der Waals surface area contributed by atoms with E-state index >= 15 is 0 Å². The molecule has 2 amide bonds. The van der Waals surface area contributed by atoms with Gasteiger partial charge in [0.25, 0.3) is 0 Å². The highest BCUT2D eigenvalue weighted by molar-refractivity contribution is 5.82. The molecule has 0 aliphatic carbocycles. The fourth-order valence-electron chi connectivity index (χ4n) is 3.15. The van der Waals surface area contributed by atoms with Gasteiger partial charge in [-0.15, -0.1) is 0 Å². The minimum atomic E-state index is -0.966. The van der Waals surface area contributed by atoms with Crippen LogP contribution in [0.1, 0.15) is 73.1 Å². The SMILES string of the molecule is CCCCCC(=O)NCCCC(CNC(=O)C1OC(C)(C)OCC1(C)C)C(=O)O. The highest BCUT2D eigenvalue weighted by Gasteiger charge is 2.45. The first-order valence-electron chi connectivity index (χ1n) is 10.6. The summed E-state index contributed by atoms with van der Waals surface area (Å²) in [6, 6.07) is 0. The predicted molar refractivity (Wildman–Crippen MR) is 109 cm³/mol. The monoisotopic (exact) mass is 414 g/mol. The van der Waals surface area contributed by atoms with Gasteiger partial charge in [-0.2, -0.15) is 0 Å². The maximum Gasteiger partial charge on any atom is 0.308 e. The van der Waals surface area contributed by atoms with Crippen molar-refractivity contribution < 1.29 is 29.0 Å². The topological polar surface area (TPSA) is 114 Å². The van der Waals surface area contributed by atoms with Crippen molar-refractivity contribution in [2.75, 3.05) is 19.7 Å². The number of amides is 2. The van der Waals surface area contributed by atoms with Crippen LogP contribution in [0.25, 0.3) is 0 Å². The van der Waals surface area contributed by atoms with Gasteiger partial charge in [-0.25, -0.2) is 0 Å². The smallest absolute Gasteiger partial charge is 0.308 e. The number of carbonyl (C=O) groups is 3. The van der Waals surface area contributed by atoms with Crippen LogP contribution in [-0.4, -0.2) is 54.5 Å². The van der Waals surface area contributed by atoms with Crippen molar-refractivity contribution in [3.05, 3.63) is 0 Å². The number of ether oxygens (including phenoxy) is 2. The average Bonchev–Trinajstić information content (AvgIpc) is 2.63. The Labute approximate surface area is 174 Å². The van der Waals surface area contributed by atoms with Gasteiger partial charge in [0.05, 0.1) is 12.5 Å². The van der Waals surface area contributed by atoms with E-state index < -0.39 is 29.2 Å². The van der Waals surface area contributed by atoms with E-state index in [9.17, 15) is 19.5 Å². The summed E-state index contributed by atoms with van der Waals surface area (Å²) in [7, 11) is 0. The zero-order valence-electron chi connectivity index (χ0n) is 18.5. The van der Waals surface area contributed by atoms with Gasteiger partial charge in [-0.05, 0) is 33.1 Å². The van der Waals surface area contributed by atoms with E-state index in [0.717, 1.165) is 19.3 Å². The third-order valence-electron chi connectivity index (χ3n) is 5.07. The zero-order valence-corrected chi connectivity index (χ0v) is 18.5. The number of rotatable bonds is 12. The summed E-state index contributed by atoms with van der Waals surface area (Å²) >= 11 is 0. The molecule has 0 saturated carbocycles. The van der Waals surface area contributed by atoms with E-state index in [1.54, 1.807) is 13.8 Å². The number of nitrogens with one attached hydrogen (secondary N) is 2. The lowest BCUT2D eigenvalue weighted by molar-refractivity contribution is -0.304. The van der Waals surface area contributed by atoms with Crippen LogP contribution < -0.4 is 10.6 Å². The Hall–Kier alpha value is -1.67. The molecule has 1 aliphatic heterocycles. The highest BCUT2D eigenvalue weighted by atomic mass is 16.7. The Kier molecular flexibility index (Phi) is 10.1. The van der Waals surface area contributed by atoms with Crippen LogP contribution in [-0.2, 0) is 23.9 Å². The molecule has 0 aromatic heterocycles. The van der Waals surface area contributed by atoms with Crippen molar-refractivity contribution in [1.29, 1.82) is 0 Å². The fourth-order valence-corrected chi connectivity index (χ4v) is 3.15. The molecule has 8 nitrogen and oxygen atoms in total. The highest BCUT2D eigenvalue weighted by Crippen LogP contribution is 2.34. The van der Waals surface area contributed by atoms with Crippen molar-refractivity contribution in [3.8, 4) is 0 Å². The second-order valence-electron chi connectivity index (χ2n) is 8.90. The van der Waals surface area contributed by atoms with Crippen LogP contribution in [0.3, 0.4) is 0 Å². The Morgan fingerprint density at radius 3 is 2.41 bits per heavy atom. The second-order valence-corrected chi connectivity index (χ2v) is 8.90. The first kappa shape index (κ1) is 25.4. The number of carboxylic acid groups (broad SMARTS) is 1. The lowest BCUT2D eigenvalue weighted by Crippen LogP contribution is -2.57. The molecule has 0 bridgehead atoms. The van der Waals surface area contributed by atoms with Crippen LogP contribution in [0.4, 0.5) is 0 Å². The first-order chi connectivity index (χ1) is 13.5. The molecule has 168 valence electrons. The van der Waals surface area contributed by atoms with Crippen LogP contribution in [0, 0.1) is 11.3 Å². The number of hydrogen-bond acceptors (Lipinski definition) is 5. The van der Waals surface area contributed by atoms with E-state index in [1.165, 1.54) is 0 Å². The zero-order chi connectivity index (χ0) is 22.1. The third kappa shape index (κ3) is 9.12. The molecule has 0 spiro atoms. The largest absolute Gasteiger partial charge is 0.481 e. The van der Waals surface area contributed by atoms with Crippen molar-refractivity contribution >= 4 is 17.8 Å². The Morgan fingerprint density at radius 2 is 1.79 bits per heavy atom. The van der Waals surface area contributed by atoms with Crippen LogP contribution in [0.2, 0.25) is 0 Å².